The van der Waals surface area contributed by atoms with E-state index in [0.717, 1.165) is 38.9 Å². The molecule has 0 amide bonds. The lowest BCUT2D eigenvalue weighted by Crippen LogP contribution is -2.61. The molecule has 1 fully saturated rings. The standard InChI is InChI=1S/C15H30N2O2/c1-5-7-11-17(3)12-15(13-8-9-13,14(18)19-4)16-10-6-2/h13,16H,5-12H2,1-4H3. The van der Waals surface area contributed by atoms with Gasteiger partial charge in [-0.1, -0.05) is 20.3 Å². The topological polar surface area (TPSA) is 41.6 Å². The van der Waals surface area contributed by atoms with Gasteiger partial charge < -0.3 is 15.0 Å². The summed E-state index contributed by atoms with van der Waals surface area (Å²) < 4.78 is 5.09. The minimum absolute atomic E-state index is 0.0909. The van der Waals surface area contributed by atoms with Crippen LogP contribution in [0.4, 0.5) is 0 Å². The van der Waals surface area contributed by atoms with Crippen LogP contribution in [0, 0.1) is 5.92 Å². The van der Waals surface area contributed by atoms with Crippen molar-refractivity contribution in [1.82, 2.24) is 10.2 Å². The van der Waals surface area contributed by atoms with Crippen LogP contribution in [0.25, 0.3) is 0 Å². The lowest BCUT2D eigenvalue weighted by Gasteiger charge is -2.36. The Labute approximate surface area is 117 Å². The van der Waals surface area contributed by atoms with Gasteiger partial charge in [0, 0.05) is 6.54 Å². The lowest BCUT2D eigenvalue weighted by atomic mass is 9.92. The van der Waals surface area contributed by atoms with E-state index < -0.39 is 5.54 Å². The first-order valence-electron chi connectivity index (χ1n) is 7.62. The van der Waals surface area contributed by atoms with Gasteiger partial charge in [0.05, 0.1) is 7.11 Å². The van der Waals surface area contributed by atoms with Crippen LogP contribution in [-0.4, -0.2) is 50.2 Å². The van der Waals surface area contributed by atoms with E-state index in [1.807, 2.05) is 0 Å². The van der Waals surface area contributed by atoms with Crippen molar-refractivity contribution in [3.8, 4) is 0 Å². The Morgan fingerprint density at radius 3 is 2.53 bits per heavy atom. The van der Waals surface area contributed by atoms with E-state index in [0.29, 0.717) is 5.92 Å². The second-order valence-corrected chi connectivity index (χ2v) is 5.76. The highest BCUT2D eigenvalue weighted by atomic mass is 16.5. The molecule has 0 saturated heterocycles. The number of esters is 1. The summed E-state index contributed by atoms with van der Waals surface area (Å²) in [6.45, 7) is 6.98. The predicted molar refractivity (Wildman–Crippen MR) is 78.2 cm³/mol. The molecule has 1 saturated carbocycles. The van der Waals surface area contributed by atoms with Crippen LogP contribution in [0.5, 0.6) is 0 Å². The monoisotopic (exact) mass is 270 g/mol. The number of nitrogens with zero attached hydrogens (tertiary/aromatic N) is 1. The molecule has 0 aliphatic heterocycles. The molecular formula is C15H30N2O2. The van der Waals surface area contributed by atoms with Gasteiger partial charge in [-0.25, -0.2) is 4.79 Å². The fourth-order valence-corrected chi connectivity index (χ4v) is 2.67. The van der Waals surface area contributed by atoms with Crippen molar-refractivity contribution in [3.63, 3.8) is 0 Å². The SMILES string of the molecule is CCCCN(C)CC(NCCC)(C(=O)OC)C1CC1. The third-order valence-electron chi connectivity index (χ3n) is 3.93. The second-order valence-electron chi connectivity index (χ2n) is 5.76. The Morgan fingerprint density at radius 2 is 2.05 bits per heavy atom. The van der Waals surface area contributed by atoms with Crippen molar-refractivity contribution in [3.05, 3.63) is 0 Å². The molecule has 1 atom stereocenters. The molecule has 0 aromatic heterocycles. The summed E-state index contributed by atoms with van der Waals surface area (Å²) in [6, 6.07) is 0. The van der Waals surface area contributed by atoms with Gasteiger partial charge in [-0.2, -0.15) is 0 Å². The van der Waals surface area contributed by atoms with E-state index in [-0.39, 0.29) is 5.97 Å². The first-order chi connectivity index (χ1) is 9.10. The maximum absolute atomic E-state index is 12.3. The molecule has 0 spiro atoms. The Bertz CT molecular complexity index is 279. The quantitative estimate of drug-likeness (QED) is 0.617. The molecular weight excluding hydrogens is 240 g/mol. The van der Waals surface area contributed by atoms with Gasteiger partial charge in [0.2, 0.25) is 0 Å². The van der Waals surface area contributed by atoms with Gasteiger partial charge >= 0.3 is 5.97 Å². The Morgan fingerprint density at radius 1 is 1.37 bits per heavy atom. The molecule has 4 heteroatoms. The second kappa shape index (κ2) is 7.85. The van der Waals surface area contributed by atoms with Crippen LogP contribution in [0.2, 0.25) is 0 Å². The number of rotatable bonds is 10. The minimum atomic E-state index is -0.493. The highest BCUT2D eigenvalue weighted by Crippen LogP contribution is 2.41. The average molecular weight is 270 g/mol. The molecule has 1 aliphatic carbocycles. The first kappa shape index (κ1) is 16.4. The van der Waals surface area contributed by atoms with Gasteiger partial charge in [-0.15, -0.1) is 0 Å². The largest absolute Gasteiger partial charge is 0.468 e. The third-order valence-corrected chi connectivity index (χ3v) is 3.93. The van der Waals surface area contributed by atoms with E-state index in [4.69, 9.17) is 4.74 Å². The van der Waals surface area contributed by atoms with Crippen LogP contribution in [-0.2, 0) is 9.53 Å². The van der Waals surface area contributed by atoms with Crippen molar-refractivity contribution in [1.29, 1.82) is 0 Å². The van der Waals surface area contributed by atoms with E-state index in [1.54, 1.807) is 0 Å². The molecule has 1 rings (SSSR count). The summed E-state index contributed by atoms with van der Waals surface area (Å²) in [6.07, 6.45) is 5.65. The zero-order valence-electron chi connectivity index (χ0n) is 13.0. The molecule has 1 aliphatic rings. The van der Waals surface area contributed by atoms with Crippen LogP contribution in [0.3, 0.4) is 0 Å². The number of methoxy groups -OCH3 is 1. The van der Waals surface area contributed by atoms with Gasteiger partial charge in [0.15, 0.2) is 0 Å². The van der Waals surface area contributed by atoms with Gasteiger partial charge in [-0.05, 0) is 51.7 Å². The number of likely N-dealkylation sites (N-methyl/N-ethyl adjacent to an activating group) is 1. The summed E-state index contributed by atoms with van der Waals surface area (Å²) in [5.74, 6) is 0.349. The predicted octanol–water partition coefficient (Wildman–Crippen LogP) is 2.04. The fraction of sp³-hybridized carbons (Fsp3) is 0.933. The molecule has 0 aromatic rings. The summed E-state index contributed by atoms with van der Waals surface area (Å²) in [5, 5.41) is 3.49. The zero-order chi connectivity index (χ0) is 14.3. The molecule has 0 heterocycles. The maximum Gasteiger partial charge on any atom is 0.327 e. The van der Waals surface area contributed by atoms with E-state index in [2.05, 4.69) is 31.1 Å². The molecule has 0 aromatic carbocycles. The average Bonchev–Trinajstić information content (AvgIpc) is 3.25. The number of nitrogens with one attached hydrogen (secondary N) is 1. The summed E-state index contributed by atoms with van der Waals surface area (Å²) >= 11 is 0. The molecule has 19 heavy (non-hydrogen) atoms. The third kappa shape index (κ3) is 4.46. The lowest BCUT2D eigenvalue weighted by molar-refractivity contribution is -0.150. The van der Waals surface area contributed by atoms with E-state index in [1.165, 1.54) is 20.0 Å². The number of unbranched alkanes of at least 4 members (excludes halogenated alkanes) is 1. The fourth-order valence-electron chi connectivity index (χ4n) is 2.67. The van der Waals surface area contributed by atoms with Crippen molar-refractivity contribution in [2.45, 2.75) is 51.5 Å². The number of hydrogen-bond donors (Lipinski definition) is 1. The maximum atomic E-state index is 12.3. The summed E-state index contributed by atoms with van der Waals surface area (Å²) in [7, 11) is 3.60. The van der Waals surface area contributed by atoms with Crippen molar-refractivity contribution >= 4 is 5.97 Å². The Balaban J connectivity index is 2.73. The van der Waals surface area contributed by atoms with Crippen molar-refractivity contribution in [2.24, 2.45) is 5.92 Å². The van der Waals surface area contributed by atoms with Gasteiger partial charge in [0.1, 0.15) is 5.54 Å². The molecule has 1 unspecified atom stereocenters. The zero-order valence-corrected chi connectivity index (χ0v) is 13.0. The first-order valence-corrected chi connectivity index (χ1v) is 7.62. The summed E-state index contributed by atoms with van der Waals surface area (Å²) in [5.41, 5.74) is -0.493. The molecule has 0 bridgehead atoms. The number of ether oxygens (including phenoxy) is 1. The van der Waals surface area contributed by atoms with Crippen LogP contribution >= 0.6 is 0 Å². The van der Waals surface area contributed by atoms with Gasteiger partial charge in [0.25, 0.3) is 0 Å². The van der Waals surface area contributed by atoms with Crippen molar-refractivity contribution in [2.75, 3.05) is 33.8 Å². The Kier molecular flexibility index (Phi) is 6.80. The van der Waals surface area contributed by atoms with Crippen LogP contribution < -0.4 is 5.32 Å². The molecule has 0 radical (unpaired) electrons. The van der Waals surface area contributed by atoms with Crippen LogP contribution in [0.15, 0.2) is 0 Å². The van der Waals surface area contributed by atoms with Gasteiger partial charge in [-0.3, -0.25) is 0 Å². The smallest absolute Gasteiger partial charge is 0.327 e. The number of hydrogen-bond acceptors (Lipinski definition) is 4. The van der Waals surface area contributed by atoms with Crippen LogP contribution in [0.1, 0.15) is 46.0 Å². The van der Waals surface area contributed by atoms with Crippen molar-refractivity contribution < 1.29 is 9.53 Å². The Hall–Kier alpha value is -0.610. The highest BCUT2D eigenvalue weighted by molar-refractivity contribution is 5.82. The summed E-state index contributed by atoms with van der Waals surface area (Å²) in [4.78, 5) is 14.6. The van der Waals surface area contributed by atoms with E-state index >= 15 is 0 Å². The normalized spacial score (nSPS) is 18.4. The molecule has 1 N–H and O–H groups in total. The number of carbonyl (C=O) groups excluding carboxylic acids is 1. The van der Waals surface area contributed by atoms with E-state index in [9.17, 15) is 4.79 Å². The molecule has 4 nitrogen and oxygen atoms in total. The molecule has 112 valence electrons. The number of carbonyl (C=O) groups is 1. The highest BCUT2D eigenvalue weighted by Gasteiger charge is 2.51. The minimum Gasteiger partial charge on any atom is -0.468 e.